The van der Waals surface area contributed by atoms with Crippen molar-refractivity contribution in [3.05, 3.63) is 58.7 Å². The highest BCUT2D eigenvalue weighted by molar-refractivity contribution is 6.29. The molecule has 0 unspecified atom stereocenters. The van der Waals surface area contributed by atoms with Crippen LogP contribution in [0.4, 0.5) is 11.4 Å². The van der Waals surface area contributed by atoms with E-state index in [-0.39, 0.29) is 58.6 Å². The standard InChI is InChI=1S/C30H40N12O6/c31-21(3-1-9-37-29(33)34)27(47)39-13-23(43)41-15-5-7-17-19(11-15)25(45)18-8-6-16(12-20(18)26(17)46)42-24(44)14-40-28(48)22(32)4-2-10-38-30(35)36/h5-8,11-12,21-22H,1-4,9-10,13-14,31-32H2,(H,39,47)(H,40,48)(H,41,43)(H,42,44)(H4,33,34,37)(H4,35,36,38)/t21-,22-/m0/s1. The van der Waals surface area contributed by atoms with Gasteiger partial charge < -0.3 is 55.7 Å². The predicted octanol–water partition coefficient (Wildman–Crippen LogP) is -2.67. The molecule has 0 aliphatic heterocycles. The summed E-state index contributed by atoms with van der Waals surface area (Å²) in [6.07, 6.45) is 1.55. The van der Waals surface area contributed by atoms with Crippen molar-refractivity contribution in [2.75, 3.05) is 36.8 Å². The molecule has 18 nitrogen and oxygen atoms in total. The summed E-state index contributed by atoms with van der Waals surface area (Å²) in [7, 11) is 0. The second-order valence-corrected chi connectivity index (χ2v) is 10.8. The Hall–Kier alpha value is -5.88. The number of amides is 4. The number of carbonyl (C=O) groups is 6. The lowest BCUT2D eigenvalue weighted by molar-refractivity contribution is -0.125. The van der Waals surface area contributed by atoms with Crippen LogP contribution >= 0.6 is 0 Å². The van der Waals surface area contributed by atoms with Gasteiger partial charge in [-0.2, -0.15) is 0 Å². The van der Waals surface area contributed by atoms with Crippen LogP contribution in [-0.4, -0.2) is 85.4 Å². The number of fused-ring (bicyclic) bond motifs is 2. The maximum atomic E-state index is 13.3. The Kier molecular flexibility index (Phi) is 13.1. The molecule has 48 heavy (non-hydrogen) atoms. The Labute approximate surface area is 275 Å². The minimum atomic E-state index is -0.864. The van der Waals surface area contributed by atoms with Gasteiger partial charge in [0, 0.05) is 46.7 Å². The molecule has 0 heterocycles. The van der Waals surface area contributed by atoms with Crippen molar-refractivity contribution in [1.82, 2.24) is 10.6 Å². The molecule has 0 spiro atoms. The van der Waals surface area contributed by atoms with Gasteiger partial charge in [0.25, 0.3) is 0 Å². The van der Waals surface area contributed by atoms with Gasteiger partial charge in [-0.15, -0.1) is 0 Å². The minimum absolute atomic E-state index is 0.0610. The lowest BCUT2D eigenvalue weighted by Crippen LogP contribution is -2.43. The number of rotatable bonds is 16. The van der Waals surface area contributed by atoms with Gasteiger partial charge in [-0.25, -0.2) is 0 Å². The molecule has 1 aliphatic rings. The van der Waals surface area contributed by atoms with Crippen molar-refractivity contribution >= 4 is 58.5 Å². The Bertz CT molecular complexity index is 1510. The number of guanidine groups is 2. The van der Waals surface area contributed by atoms with Crippen LogP contribution < -0.4 is 55.7 Å². The van der Waals surface area contributed by atoms with Gasteiger partial charge in [-0.05, 0) is 62.1 Å². The predicted molar refractivity (Wildman–Crippen MR) is 179 cm³/mol. The zero-order valence-corrected chi connectivity index (χ0v) is 26.1. The lowest BCUT2D eigenvalue weighted by atomic mass is 9.83. The fourth-order valence-electron chi connectivity index (χ4n) is 4.61. The van der Waals surface area contributed by atoms with Gasteiger partial charge in [-0.3, -0.25) is 38.8 Å². The highest BCUT2D eigenvalue weighted by Gasteiger charge is 2.30. The van der Waals surface area contributed by atoms with Crippen LogP contribution in [0.5, 0.6) is 0 Å². The molecule has 16 N–H and O–H groups in total. The highest BCUT2D eigenvalue weighted by Crippen LogP contribution is 2.31. The molecular formula is C30H40N12O6. The molecule has 2 aromatic rings. The molecule has 4 amide bonds. The summed E-state index contributed by atoms with van der Waals surface area (Å²) >= 11 is 0. The van der Waals surface area contributed by atoms with Crippen LogP contribution in [0, 0.1) is 0 Å². The van der Waals surface area contributed by atoms with Crippen LogP contribution in [-0.2, 0) is 19.2 Å². The summed E-state index contributed by atoms with van der Waals surface area (Å²) in [4.78, 5) is 83.6. The van der Waals surface area contributed by atoms with Crippen molar-refractivity contribution in [3.8, 4) is 0 Å². The molecule has 1 aliphatic carbocycles. The Morgan fingerprint density at radius 1 is 0.604 bits per heavy atom. The maximum absolute atomic E-state index is 13.3. The largest absolute Gasteiger partial charge is 0.370 e. The van der Waals surface area contributed by atoms with Crippen molar-refractivity contribution < 1.29 is 28.8 Å². The summed E-state index contributed by atoms with van der Waals surface area (Å²) in [5, 5.41) is 10.0. The molecule has 0 bridgehead atoms. The fourth-order valence-corrected chi connectivity index (χ4v) is 4.61. The van der Waals surface area contributed by atoms with E-state index >= 15 is 0 Å². The molecule has 0 aromatic heterocycles. The first kappa shape index (κ1) is 36.6. The van der Waals surface area contributed by atoms with E-state index in [1.54, 1.807) is 0 Å². The van der Waals surface area contributed by atoms with Crippen LogP contribution in [0.15, 0.2) is 46.4 Å². The number of benzene rings is 2. The summed E-state index contributed by atoms with van der Waals surface area (Å²) in [5.41, 5.74) is 33.5. The first-order valence-electron chi connectivity index (χ1n) is 14.9. The quantitative estimate of drug-likeness (QED) is 0.0426. The lowest BCUT2D eigenvalue weighted by Gasteiger charge is -2.19. The number of aliphatic imine (C=N–C) groups is 2. The minimum Gasteiger partial charge on any atom is -0.370 e. The number of ketones is 2. The number of carbonyl (C=O) groups excluding carboxylic acids is 6. The molecule has 18 heteroatoms. The molecule has 2 aromatic carbocycles. The maximum Gasteiger partial charge on any atom is 0.243 e. The normalized spacial score (nSPS) is 12.8. The second kappa shape index (κ2) is 17.2. The molecule has 3 rings (SSSR count). The third-order valence-electron chi connectivity index (χ3n) is 7.04. The van der Waals surface area contributed by atoms with Gasteiger partial charge in [0.1, 0.15) is 0 Å². The number of hydrogen-bond donors (Lipinski definition) is 10. The number of nitrogens with two attached hydrogens (primary N) is 6. The van der Waals surface area contributed by atoms with Gasteiger partial charge in [0.2, 0.25) is 23.6 Å². The molecule has 256 valence electrons. The van der Waals surface area contributed by atoms with Gasteiger partial charge >= 0.3 is 0 Å². The Morgan fingerprint density at radius 2 is 0.979 bits per heavy atom. The van der Waals surface area contributed by atoms with Crippen molar-refractivity contribution in [1.29, 1.82) is 0 Å². The second-order valence-electron chi connectivity index (χ2n) is 10.8. The third-order valence-corrected chi connectivity index (χ3v) is 7.04. The van der Waals surface area contributed by atoms with Gasteiger partial charge in [0.05, 0.1) is 25.2 Å². The number of hydrogen-bond acceptors (Lipinski definition) is 10. The summed E-state index contributed by atoms with van der Waals surface area (Å²) in [5.74, 6) is -3.27. The average Bonchev–Trinajstić information content (AvgIpc) is 3.04. The number of anilines is 2. The molecule has 0 saturated heterocycles. The van der Waals surface area contributed by atoms with Crippen molar-refractivity contribution in [2.24, 2.45) is 44.4 Å². The van der Waals surface area contributed by atoms with E-state index < -0.39 is 47.3 Å². The SMILES string of the molecule is NC(N)=NCCC[C@H](N)C(=O)NCC(=O)Nc1ccc2c(c1)C(=O)c1ccc(NC(=O)CNC(=O)[C@@H](N)CCCN=C(N)N)cc1C2=O. The van der Waals surface area contributed by atoms with E-state index in [9.17, 15) is 28.8 Å². The average molecular weight is 665 g/mol. The monoisotopic (exact) mass is 664 g/mol. The van der Waals surface area contributed by atoms with Crippen molar-refractivity contribution in [2.45, 2.75) is 37.8 Å². The number of nitrogens with one attached hydrogen (secondary N) is 4. The van der Waals surface area contributed by atoms with Crippen LogP contribution in [0.3, 0.4) is 0 Å². The topological polar surface area (TPSA) is 331 Å². The molecule has 0 radical (unpaired) electrons. The number of nitrogens with zero attached hydrogens (tertiary/aromatic N) is 2. The molecular weight excluding hydrogens is 624 g/mol. The summed E-state index contributed by atoms with van der Waals surface area (Å²) in [6.45, 7) is -0.125. The molecule has 0 saturated carbocycles. The van der Waals surface area contributed by atoms with E-state index in [0.717, 1.165) is 0 Å². The smallest absolute Gasteiger partial charge is 0.243 e. The first-order valence-corrected chi connectivity index (χ1v) is 14.9. The molecule has 0 fully saturated rings. The van der Waals surface area contributed by atoms with E-state index in [0.29, 0.717) is 38.8 Å². The Morgan fingerprint density at radius 3 is 1.33 bits per heavy atom. The van der Waals surface area contributed by atoms with Gasteiger partial charge in [0.15, 0.2) is 23.5 Å². The van der Waals surface area contributed by atoms with Gasteiger partial charge in [-0.1, -0.05) is 0 Å². The summed E-state index contributed by atoms with van der Waals surface area (Å²) in [6, 6.07) is 6.72. The fraction of sp³-hybridized carbons (Fsp3) is 0.333. The van der Waals surface area contributed by atoms with Crippen LogP contribution in [0.2, 0.25) is 0 Å². The zero-order valence-electron chi connectivity index (χ0n) is 26.1. The molecule has 2 atom stereocenters. The van der Waals surface area contributed by atoms with Crippen LogP contribution in [0.1, 0.15) is 57.5 Å². The summed E-state index contributed by atoms with van der Waals surface area (Å²) < 4.78 is 0. The van der Waals surface area contributed by atoms with E-state index in [1.165, 1.54) is 36.4 Å². The first-order chi connectivity index (χ1) is 22.8. The highest BCUT2D eigenvalue weighted by atomic mass is 16.2. The third kappa shape index (κ3) is 10.6. The van der Waals surface area contributed by atoms with Crippen LogP contribution in [0.25, 0.3) is 0 Å². The Balaban J connectivity index is 1.54. The van der Waals surface area contributed by atoms with E-state index in [2.05, 4.69) is 31.3 Å². The van der Waals surface area contributed by atoms with E-state index in [4.69, 9.17) is 34.4 Å². The zero-order chi connectivity index (χ0) is 35.4. The van der Waals surface area contributed by atoms with Crippen molar-refractivity contribution in [3.63, 3.8) is 0 Å². The van der Waals surface area contributed by atoms with E-state index in [1.807, 2.05) is 0 Å².